The van der Waals surface area contributed by atoms with Crippen molar-refractivity contribution in [1.29, 1.82) is 0 Å². The molecule has 1 atom stereocenters. The molecule has 3 heteroatoms. The number of thioether (sulfide) groups is 1. The molecule has 70 valence electrons. The number of rotatable bonds is 4. The molecule has 3 N–H and O–H groups in total. The first-order chi connectivity index (χ1) is 6.33. The van der Waals surface area contributed by atoms with Gasteiger partial charge >= 0.3 is 0 Å². The van der Waals surface area contributed by atoms with Crippen LogP contribution in [0.15, 0.2) is 46.7 Å². The Morgan fingerprint density at radius 1 is 1.38 bits per heavy atom. The number of hydrogen-bond acceptors (Lipinski definition) is 3. The number of nitrogens with two attached hydrogens (primary N) is 1. The van der Waals surface area contributed by atoms with E-state index in [0.29, 0.717) is 0 Å². The molecule has 0 fully saturated rings. The molecule has 0 aliphatic rings. The van der Waals surface area contributed by atoms with Crippen molar-refractivity contribution in [1.82, 2.24) is 0 Å². The van der Waals surface area contributed by atoms with Crippen LogP contribution in [0, 0.1) is 0 Å². The topological polar surface area (TPSA) is 46.2 Å². The Kier molecular flexibility index (Phi) is 4.60. The van der Waals surface area contributed by atoms with Gasteiger partial charge in [0.15, 0.2) is 0 Å². The van der Waals surface area contributed by atoms with Gasteiger partial charge in [0.25, 0.3) is 0 Å². The van der Waals surface area contributed by atoms with Crippen molar-refractivity contribution >= 4 is 11.8 Å². The van der Waals surface area contributed by atoms with Gasteiger partial charge in [-0.15, -0.1) is 0 Å². The summed E-state index contributed by atoms with van der Waals surface area (Å²) >= 11 is 1.59. The molecule has 0 amide bonds. The second-order valence-corrected chi connectivity index (χ2v) is 3.59. The third kappa shape index (κ3) is 4.12. The maximum Gasteiger partial charge on any atom is 0.0618 e. The van der Waals surface area contributed by atoms with Crippen molar-refractivity contribution in [3.63, 3.8) is 0 Å². The normalized spacial score (nSPS) is 13.4. The van der Waals surface area contributed by atoms with Gasteiger partial charge in [0.05, 0.1) is 6.61 Å². The summed E-state index contributed by atoms with van der Waals surface area (Å²) in [5, 5.41) is 10.5. The van der Waals surface area contributed by atoms with Gasteiger partial charge in [-0.1, -0.05) is 36.0 Å². The van der Waals surface area contributed by atoms with Gasteiger partial charge in [0.2, 0.25) is 0 Å². The molecule has 0 bridgehead atoms. The Bertz CT molecular complexity index is 261. The maximum atomic E-state index is 8.65. The molecule has 2 nitrogen and oxygen atoms in total. The minimum absolute atomic E-state index is 0.00809. The van der Waals surface area contributed by atoms with Crippen LogP contribution < -0.4 is 5.73 Å². The summed E-state index contributed by atoms with van der Waals surface area (Å²) in [6.07, 6.45) is 1.79. The Morgan fingerprint density at radius 2 is 2.08 bits per heavy atom. The van der Waals surface area contributed by atoms with Crippen LogP contribution >= 0.6 is 11.8 Å². The molecule has 0 aliphatic carbocycles. The minimum atomic E-state index is -0.254. The molecular formula is C10H13NOS. The Morgan fingerprint density at radius 3 is 2.69 bits per heavy atom. The first-order valence-electron chi connectivity index (χ1n) is 4.07. The SMILES string of the molecule is N[C@H](/C=C/Sc1ccccc1)CO. The molecule has 0 heterocycles. The fourth-order valence-corrected chi connectivity index (χ4v) is 1.53. The number of aliphatic hydroxyl groups is 1. The maximum absolute atomic E-state index is 8.65. The van der Waals surface area contributed by atoms with Gasteiger partial charge in [-0.3, -0.25) is 0 Å². The minimum Gasteiger partial charge on any atom is -0.394 e. The molecule has 0 aromatic heterocycles. The highest BCUT2D eigenvalue weighted by Crippen LogP contribution is 2.17. The molecule has 1 rings (SSSR count). The molecule has 0 unspecified atom stereocenters. The average molecular weight is 195 g/mol. The van der Waals surface area contributed by atoms with Crippen molar-refractivity contribution < 1.29 is 5.11 Å². The molecule has 0 radical (unpaired) electrons. The molecule has 0 saturated heterocycles. The average Bonchev–Trinajstić information content (AvgIpc) is 2.19. The van der Waals surface area contributed by atoms with E-state index in [4.69, 9.17) is 10.8 Å². The van der Waals surface area contributed by atoms with Crippen molar-refractivity contribution in [2.45, 2.75) is 10.9 Å². The van der Waals surface area contributed by atoms with Gasteiger partial charge in [0.1, 0.15) is 0 Å². The van der Waals surface area contributed by atoms with E-state index in [-0.39, 0.29) is 12.6 Å². The van der Waals surface area contributed by atoms with Crippen LogP contribution in [0.4, 0.5) is 0 Å². The predicted molar refractivity (Wildman–Crippen MR) is 56.5 cm³/mol. The Hall–Kier alpha value is -0.770. The molecule has 1 aromatic carbocycles. The van der Waals surface area contributed by atoms with Crippen LogP contribution in [0.5, 0.6) is 0 Å². The smallest absolute Gasteiger partial charge is 0.0618 e. The van der Waals surface area contributed by atoms with E-state index in [0.717, 1.165) is 0 Å². The van der Waals surface area contributed by atoms with Gasteiger partial charge < -0.3 is 10.8 Å². The van der Waals surface area contributed by atoms with Crippen LogP contribution in [0.3, 0.4) is 0 Å². The lowest BCUT2D eigenvalue weighted by molar-refractivity contribution is 0.284. The lowest BCUT2D eigenvalue weighted by atomic mass is 10.3. The molecule has 0 aliphatic heterocycles. The highest BCUT2D eigenvalue weighted by atomic mass is 32.2. The molecule has 0 spiro atoms. The van der Waals surface area contributed by atoms with E-state index >= 15 is 0 Å². The fraction of sp³-hybridized carbons (Fsp3) is 0.200. The highest BCUT2D eigenvalue weighted by molar-refractivity contribution is 8.02. The standard InChI is InChI=1S/C10H13NOS/c11-9(8-12)6-7-13-10-4-2-1-3-5-10/h1-7,9,12H,8,11H2/b7-6+/t9-/m1/s1. The second kappa shape index (κ2) is 5.80. The van der Waals surface area contributed by atoms with Gasteiger partial charge in [-0.05, 0) is 17.5 Å². The van der Waals surface area contributed by atoms with Crippen LogP contribution in [0.2, 0.25) is 0 Å². The summed E-state index contributed by atoms with van der Waals surface area (Å²) in [4.78, 5) is 1.17. The van der Waals surface area contributed by atoms with E-state index < -0.39 is 0 Å². The lowest BCUT2D eigenvalue weighted by Gasteiger charge is -1.99. The molecule has 1 aromatic rings. The number of benzene rings is 1. The van der Waals surface area contributed by atoms with Crippen LogP contribution in [-0.2, 0) is 0 Å². The van der Waals surface area contributed by atoms with Gasteiger partial charge in [-0.2, -0.15) is 0 Å². The van der Waals surface area contributed by atoms with Crippen molar-refractivity contribution in [3.05, 3.63) is 41.8 Å². The van der Waals surface area contributed by atoms with Crippen LogP contribution in [-0.4, -0.2) is 17.8 Å². The highest BCUT2D eigenvalue weighted by Gasteiger charge is 1.92. The number of aliphatic hydroxyl groups excluding tert-OH is 1. The van der Waals surface area contributed by atoms with Gasteiger partial charge in [0, 0.05) is 10.9 Å². The molecule has 13 heavy (non-hydrogen) atoms. The largest absolute Gasteiger partial charge is 0.394 e. The second-order valence-electron chi connectivity index (χ2n) is 2.61. The van der Waals surface area contributed by atoms with E-state index in [1.54, 1.807) is 17.8 Å². The predicted octanol–water partition coefficient (Wildman–Crippen LogP) is 1.61. The number of hydrogen-bond donors (Lipinski definition) is 2. The zero-order valence-corrected chi connectivity index (χ0v) is 8.08. The quantitative estimate of drug-likeness (QED) is 0.717. The summed E-state index contributed by atoms with van der Waals surface area (Å²) < 4.78 is 0. The third-order valence-electron chi connectivity index (χ3n) is 1.48. The Balaban J connectivity index is 2.39. The summed E-state index contributed by atoms with van der Waals surface area (Å²) in [5.74, 6) is 0. The van der Waals surface area contributed by atoms with Gasteiger partial charge in [-0.25, -0.2) is 0 Å². The lowest BCUT2D eigenvalue weighted by Crippen LogP contribution is -2.20. The zero-order chi connectivity index (χ0) is 9.52. The Labute approximate surface area is 82.5 Å². The van der Waals surface area contributed by atoms with Crippen molar-refractivity contribution in [3.8, 4) is 0 Å². The summed E-state index contributed by atoms with van der Waals surface area (Å²) in [6.45, 7) is -0.00809. The monoisotopic (exact) mass is 195 g/mol. The summed E-state index contributed by atoms with van der Waals surface area (Å²) in [7, 11) is 0. The third-order valence-corrected chi connectivity index (χ3v) is 2.32. The van der Waals surface area contributed by atoms with E-state index in [2.05, 4.69) is 0 Å². The fourth-order valence-electron chi connectivity index (χ4n) is 0.779. The van der Waals surface area contributed by atoms with Crippen molar-refractivity contribution in [2.75, 3.05) is 6.61 Å². The van der Waals surface area contributed by atoms with E-state index in [1.807, 2.05) is 35.7 Å². The summed E-state index contributed by atoms with van der Waals surface area (Å²) in [6, 6.07) is 9.76. The zero-order valence-electron chi connectivity index (χ0n) is 7.26. The first-order valence-corrected chi connectivity index (χ1v) is 4.95. The van der Waals surface area contributed by atoms with Crippen LogP contribution in [0.1, 0.15) is 0 Å². The summed E-state index contributed by atoms with van der Waals surface area (Å²) in [5.41, 5.74) is 5.49. The van der Waals surface area contributed by atoms with E-state index in [9.17, 15) is 0 Å². The van der Waals surface area contributed by atoms with Crippen LogP contribution in [0.25, 0.3) is 0 Å². The first kappa shape index (κ1) is 10.3. The molecule has 0 saturated carbocycles. The van der Waals surface area contributed by atoms with E-state index in [1.165, 1.54) is 4.90 Å². The molecular weight excluding hydrogens is 182 g/mol. The van der Waals surface area contributed by atoms with Crippen molar-refractivity contribution in [2.24, 2.45) is 5.73 Å².